The first kappa shape index (κ1) is 16.8. The number of carboxylic acid groups (broad SMARTS) is 1. The number of hydrogen-bond acceptors (Lipinski definition) is 2. The van der Waals surface area contributed by atoms with Crippen molar-refractivity contribution in [2.75, 3.05) is 0 Å². The van der Waals surface area contributed by atoms with E-state index < -0.39 is 6.09 Å². The number of hydrogen-bond donors (Lipinski definition) is 1. The maximum absolute atomic E-state index is 11.6. The van der Waals surface area contributed by atoms with E-state index in [1.165, 1.54) is 0 Å². The standard InChI is InChI=1S/C18H27NO3/c1-13-10-15(22-12-14-8-6-5-7-9-14)11-16(13)19(17(20)21)18(2,3)4/h5-9,13,15-16H,10-12H2,1-4H3,(H,20,21)/t13-,15-,16-/m0/s1. The van der Waals surface area contributed by atoms with Gasteiger partial charge >= 0.3 is 6.09 Å². The van der Waals surface area contributed by atoms with Gasteiger partial charge in [-0.25, -0.2) is 4.79 Å². The highest BCUT2D eigenvalue weighted by Gasteiger charge is 2.42. The molecule has 1 saturated carbocycles. The second kappa shape index (κ2) is 6.69. The monoisotopic (exact) mass is 305 g/mol. The zero-order chi connectivity index (χ0) is 16.3. The molecule has 1 N–H and O–H groups in total. The van der Waals surface area contributed by atoms with Crippen molar-refractivity contribution < 1.29 is 14.6 Å². The summed E-state index contributed by atoms with van der Waals surface area (Å²) in [6.07, 6.45) is 0.979. The molecule has 1 amide bonds. The molecule has 0 unspecified atom stereocenters. The van der Waals surface area contributed by atoms with Gasteiger partial charge in [-0.1, -0.05) is 37.3 Å². The highest BCUT2D eigenvalue weighted by molar-refractivity contribution is 5.66. The molecule has 1 aliphatic carbocycles. The van der Waals surface area contributed by atoms with Crippen LogP contribution in [-0.4, -0.2) is 33.8 Å². The normalized spacial score (nSPS) is 25.2. The van der Waals surface area contributed by atoms with Gasteiger partial charge in [0.15, 0.2) is 0 Å². The number of ether oxygens (including phenoxy) is 1. The lowest BCUT2D eigenvalue weighted by Crippen LogP contribution is -2.52. The largest absolute Gasteiger partial charge is 0.465 e. The third-order valence-corrected chi connectivity index (χ3v) is 4.38. The van der Waals surface area contributed by atoms with Crippen molar-refractivity contribution in [2.24, 2.45) is 5.92 Å². The lowest BCUT2D eigenvalue weighted by Gasteiger charge is -2.39. The van der Waals surface area contributed by atoms with Crippen LogP contribution in [0.3, 0.4) is 0 Å². The summed E-state index contributed by atoms with van der Waals surface area (Å²) in [5.41, 5.74) is 0.767. The first-order valence-electron chi connectivity index (χ1n) is 7.97. The maximum Gasteiger partial charge on any atom is 0.407 e. The van der Waals surface area contributed by atoms with Crippen molar-refractivity contribution in [3.8, 4) is 0 Å². The molecule has 0 aliphatic heterocycles. The zero-order valence-electron chi connectivity index (χ0n) is 14.0. The topological polar surface area (TPSA) is 49.8 Å². The zero-order valence-corrected chi connectivity index (χ0v) is 14.0. The Labute approximate surface area is 133 Å². The van der Waals surface area contributed by atoms with E-state index in [1.54, 1.807) is 4.90 Å². The minimum atomic E-state index is -0.840. The fourth-order valence-corrected chi connectivity index (χ4v) is 3.38. The quantitative estimate of drug-likeness (QED) is 0.909. The summed E-state index contributed by atoms with van der Waals surface area (Å²) in [6, 6.07) is 10.1. The molecular formula is C18H27NO3. The Morgan fingerprint density at radius 2 is 1.91 bits per heavy atom. The molecule has 0 bridgehead atoms. The van der Waals surface area contributed by atoms with Crippen molar-refractivity contribution in [3.05, 3.63) is 35.9 Å². The lowest BCUT2D eigenvalue weighted by molar-refractivity contribution is 0.0305. The van der Waals surface area contributed by atoms with Crippen LogP contribution in [0.15, 0.2) is 30.3 Å². The second-order valence-corrected chi connectivity index (χ2v) is 7.26. The van der Waals surface area contributed by atoms with Crippen molar-refractivity contribution in [3.63, 3.8) is 0 Å². The minimum Gasteiger partial charge on any atom is -0.465 e. The molecule has 4 heteroatoms. The summed E-state index contributed by atoms with van der Waals surface area (Å²) in [6.45, 7) is 8.57. The smallest absolute Gasteiger partial charge is 0.407 e. The summed E-state index contributed by atoms with van der Waals surface area (Å²) in [7, 11) is 0. The summed E-state index contributed by atoms with van der Waals surface area (Å²) in [5, 5.41) is 9.57. The molecule has 1 aromatic rings. The third kappa shape index (κ3) is 4.01. The molecule has 1 aromatic carbocycles. The van der Waals surface area contributed by atoms with E-state index in [0.29, 0.717) is 12.5 Å². The van der Waals surface area contributed by atoms with Gasteiger partial charge in [0.1, 0.15) is 0 Å². The van der Waals surface area contributed by atoms with Crippen LogP contribution in [0, 0.1) is 5.92 Å². The molecule has 1 aliphatic rings. The molecule has 2 rings (SSSR count). The Kier molecular flexibility index (Phi) is 5.12. The first-order valence-corrected chi connectivity index (χ1v) is 7.97. The predicted octanol–water partition coefficient (Wildman–Crippen LogP) is 4.15. The summed E-state index contributed by atoms with van der Waals surface area (Å²) < 4.78 is 6.01. The van der Waals surface area contributed by atoms with Crippen molar-refractivity contribution in [1.29, 1.82) is 0 Å². The molecule has 3 atom stereocenters. The van der Waals surface area contributed by atoms with Gasteiger partial charge in [-0.05, 0) is 45.1 Å². The first-order chi connectivity index (χ1) is 10.3. The molecule has 22 heavy (non-hydrogen) atoms. The van der Waals surface area contributed by atoms with Crippen LogP contribution in [0.25, 0.3) is 0 Å². The Morgan fingerprint density at radius 3 is 2.45 bits per heavy atom. The minimum absolute atomic E-state index is 0.0262. The van der Waals surface area contributed by atoms with E-state index in [9.17, 15) is 9.90 Å². The van der Waals surface area contributed by atoms with Crippen LogP contribution in [0.5, 0.6) is 0 Å². The molecule has 4 nitrogen and oxygen atoms in total. The molecule has 0 radical (unpaired) electrons. The fourth-order valence-electron chi connectivity index (χ4n) is 3.38. The van der Waals surface area contributed by atoms with Gasteiger partial charge in [-0.3, -0.25) is 0 Å². The Bertz CT molecular complexity index is 495. The van der Waals surface area contributed by atoms with Gasteiger partial charge in [0.25, 0.3) is 0 Å². The second-order valence-electron chi connectivity index (χ2n) is 7.26. The van der Waals surface area contributed by atoms with E-state index in [2.05, 4.69) is 19.1 Å². The van der Waals surface area contributed by atoms with Crippen LogP contribution < -0.4 is 0 Å². The average Bonchev–Trinajstić information content (AvgIpc) is 2.77. The van der Waals surface area contributed by atoms with E-state index >= 15 is 0 Å². The molecule has 1 fully saturated rings. The van der Waals surface area contributed by atoms with E-state index in [-0.39, 0.29) is 17.7 Å². The predicted molar refractivity (Wildman–Crippen MR) is 86.8 cm³/mol. The number of rotatable bonds is 4. The van der Waals surface area contributed by atoms with Crippen LogP contribution in [0.4, 0.5) is 4.79 Å². The lowest BCUT2D eigenvalue weighted by atomic mass is 9.98. The van der Waals surface area contributed by atoms with Gasteiger partial charge < -0.3 is 14.7 Å². The molecule has 0 aromatic heterocycles. The van der Waals surface area contributed by atoms with Crippen LogP contribution >= 0.6 is 0 Å². The molecule has 122 valence electrons. The average molecular weight is 305 g/mol. The van der Waals surface area contributed by atoms with Gasteiger partial charge in [-0.2, -0.15) is 0 Å². The summed E-state index contributed by atoms with van der Waals surface area (Å²) in [4.78, 5) is 13.3. The van der Waals surface area contributed by atoms with E-state index in [4.69, 9.17) is 4.74 Å². The van der Waals surface area contributed by atoms with Gasteiger partial charge in [0, 0.05) is 11.6 Å². The summed E-state index contributed by atoms with van der Waals surface area (Å²) >= 11 is 0. The van der Waals surface area contributed by atoms with Gasteiger partial charge in [-0.15, -0.1) is 0 Å². The number of nitrogens with zero attached hydrogens (tertiary/aromatic N) is 1. The summed E-state index contributed by atoms with van der Waals surface area (Å²) in [5.74, 6) is 0.316. The van der Waals surface area contributed by atoms with E-state index in [0.717, 1.165) is 18.4 Å². The van der Waals surface area contributed by atoms with Crippen molar-refractivity contribution in [1.82, 2.24) is 4.90 Å². The highest BCUT2D eigenvalue weighted by Crippen LogP contribution is 2.35. The number of carbonyl (C=O) groups is 1. The van der Waals surface area contributed by atoms with Crippen LogP contribution in [0.1, 0.15) is 46.1 Å². The van der Waals surface area contributed by atoms with E-state index in [1.807, 2.05) is 39.0 Å². The Morgan fingerprint density at radius 1 is 1.27 bits per heavy atom. The highest BCUT2D eigenvalue weighted by atomic mass is 16.5. The van der Waals surface area contributed by atoms with Crippen LogP contribution in [-0.2, 0) is 11.3 Å². The van der Waals surface area contributed by atoms with Gasteiger partial charge in [0.2, 0.25) is 0 Å². The Balaban J connectivity index is 1.98. The molecule has 0 saturated heterocycles. The van der Waals surface area contributed by atoms with Gasteiger partial charge in [0.05, 0.1) is 12.7 Å². The Hall–Kier alpha value is -1.55. The van der Waals surface area contributed by atoms with Crippen LogP contribution in [0.2, 0.25) is 0 Å². The maximum atomic E-state index is 11.6. The number of benzene rings is 1. The third-order valence-electron chi connectivity index (χ3n) is 4.38. The fraction of sp³-hybridized carbons (Fsp3) is 0.611. The molecule has 0 spiro atoms. The SMILES string of the molecule is C[C@H]1C[C@H](OCc2ccccc2)C[C@@H]1N(C(=O)O)C(C)(C)C. The van der Waals surface area contributed by atoms with Crippen molar-refractivity contribution in [2.45, 2.75) is 64.8 Å². The molecular weight excluding hydrogens is 278 g/mol. The molecule has 0 heterocycles. The van der Waals surface area contributed by atoms with Crippen molar-refractivity contribution >= 4 is 6.09 Å². The number of amides is 1.